The van der Waals surface area contributed by atoms with Crippen molar-refractivity contribution in [3.05, 3.63) is 29.3 Å². The molecule has 8 nitrogen and oxygen atoms in total. The van der Waals surface area contributed by atoms with Crippen LogP contribution in [0.1, 0.15) is 24.5 Å². The van der Waals surface area contributed by atoms with E-state index < -0.39 is 0 Å². The first kappa shape index (κ1) is 23.0. The fraction of sp³-hybridized carbons (Fsp3) is 0.619. The van der Waals surface area contributed by atoms with Gasteiger partial charge < -0.3 is 30.2 Å². The summed E-state index contributed by atoms with van der Waals surface area (Å²) in [6, 6.07) is 6.14. The molecule has 1 aromatic carbocycles. The number of benzene rings is 1. The Labute approximate surface area is 173 Å². The van der Waals surface area contributed by atoms with E-state index in [9.17, 15) is 4.79 Å². The highest BCUT2D eigenvalue weighted by molar-refractivity contribution is 5.86. The van der Waals surface area contributed by atoms with Gasteiger partial charge in [0.1, 0.15) is 5.75 Å². The van der Waals surface area contributed by atoms with Gasteiger partial charge in [0.05, 0.1) is 32.9 Å². The number of carbonyl (C=O) groups is 1. The van der Waals surface area contributed by atoms with Crippen molar-refractivity contribution in [2.24, 2.45) is 10.9 Å². The third kappa shape index (κ3) is 8.70. The fourth-order valence-corrected chi connectivity index (χ4v) is 2.87. The van der Waals surface area contributed by atoms with Gasteiger partial charge in [0.25, 0.3) is 0 Å². The Bertz CT molecular complexity index is 660. The maximum atomic E-state index is 11.9. The third-order valence-electron chi connectivity index (χ3n) is 4.52. The molecule has 1 saturated heterocycles. The molecule has 29 heavy (non-hydrogen) atoms. The van der Waals surface area contributed by atoms with Crippen molar-refractivity contribution in [3.63, 3.8) is 0 Å². The normalized spacial score (nSPS) is 16.5. The van der Waals surface area contributed by atoms with E-state index in [0.29, 0.717) is 44.7 Å². The molecule has 3 N–H and O–H groups in total. The summed E-state index contributed by atoms with van der Waals surface area (Å²) in [6.45, 7) is 8.55. The first-order chi connectivity index (χ1) is 14.1. The summed E-state index contributed by atoms with van der Waals surface area (Å²) in [5.74, 6) is 1.78. The van der Waals surface area contributed by atoms with Gasteiger partial charge in [0.15, 0.2) is 5.96 Å². The average Bonchev–Trinajstić information content (AvgIpc) is 3.23. The molecule has 1 amide bonds. The average molecular weight is 407 g/mol. The highest BCUT2D eigenvalue weighted by atomic mass is 16.5. The van der Waals surface area contributed by atoms with Gasteiger partial charge in [0, 0.05) is 38.3 Å². The number of hydrogen-bond acceptors (Lipinski definition) is 5. The van der Waals surface area contributed by atoms with E-state index in [-0.39, 0.29) is 12.5 Å². The van der Waals surface area contributed by atoms with E-state index in [1.54, 1.807) is 7.11 Å². The summed E-state index contributed by atoms with van der Waals surface area (Å²) in [5, 5.41) is 8.99. The summed E-state index contributed by atoms with van der Waals surface area (Å²) < 4.78 is 16.4. The molecule has 0 spiro atoms. The van der Waals surface area contributed by atoms with Crippen molar-refractivity contribution >= 4 is 11.9 Å². The molecule has 1 aliphatic rings. The minimum Gasteiger partial charge on any atom is -0.493 e. The number of ether oxygens (including phenoxy) is 3. The molecular weight excluding hydrogens is 372 g/mol. The van der Waals surface area contributed by atoms with Crippen LogP contribution in [-0.2, 0) is 20.8 Å². The molecule has 0 radical (unpaired) electrons. The summed E-state index contributed by atoms with van der Waals surface area (Å²) >= 11 is 0. The van der Waals surface area contributed by atoms with Gasteiger partial charge in [-0.3, -0.25) is 4.79 Å². The lowest BCUT2D eigenvalue weighted by atomic mass is 10.1. The van der Waals surface area contributed by atoms with Gasteiger partial charge in [-0.05, 0) is 31.9 Å². The van der Waals surface area contributed by atoms with Gasteiger partial charge in [-0.15, -0.1) is 0 Å². The molecule has 2 rings (SSSR count). The lowest BCUT2D eigenvalue weighted by Gasteiger charge is -2.15. The van der Waals surface area contributed by atoms with Gasteiger partial charge in [0.2, 0.25) is 5.91 Å². The van der Waals surface area contributed by atoms with Crippen molar-refractivity contribution in [1.29, 1.82) is 0 Å². The van der Waals surface area contributed by atoms with Crippen LogP contribution in [0.15, 0.2) is 23.2 Å². The maximum Gasteiger partial charge on any atom is 0.239 e. The standard InChI is InChI=1S/C21H34N4O4/c1-4-22-21(25-13-20(26)23-8-10-27-3)24-12-18-6-5-16(2)11-19(18)29-15-17-7-9-28-14-17/h5-6,11,17H,4,7-10,12-15H2,1-3H3,(H,23,26)(H2,22,24,25). The number of guanidine groups is 1. The second kappa shape index (κ2) is 13.0. The first-order valence-corrected chi connectivity index (χ1v) is 10.2. The van der Waals surface area contributed by atoms with Crippen LogP contribution in [0.4, 0.5) is 0 Å². The van der Waals surface area contributed by atoms with Crippen LogP contribution >= 0.6 is 0 Å². The highest BCUT2D eigenvalue weighted by Crippen LogP contribution is 2.23. The van der Waals surface area contributed by atoms with Crippen molar-refractivity contribution in [3.8, 4) is 5.75 Å². The van der Waals surface area contributed by atoms with Crippen LogP contribution < -0.4 is 20.7 Å². The van der Waals surface area contributed by atoms with E-state index >= 15 is 0 Å². The number of methoxy groups -OCH3 is 1. The molecule has 162 valence electrons. The monoisotopic (exact) mass is 406 g/mol. The highest BCUT2D eigenvalue weighted by Gasteiger charge is 2.17. The van der Waals surface area contributed by atoms with Gasteiger partial charge >= 0.3 is 0 Å². The maximum absolute atomic E-state index is 11.9. The lowest BCUT2D eigenvalue weighted by Crippen LogP contribution is -2.43. The molecule has 8 heteroatoms. The van der Waals surface area contributed by atoms with E-state index in [1.807, 2.05) is 26.0 Å². The Morgan fingerprint density at radius 1 is 1.31 bits per heavy atom. The third-order valence-corrected chi connectivity index (χ3v) is 4.52. The summed E-state index contributed by atoms with van der Waals surface area (Å²) in [5.41, 5.74) is 2.16. The number of carbonyl (C=O) groups excluding carboxylic acids is 1. The lowest BCUT2D eigenvalue weighted by molar-refractivity contribution is -0.120. The van der Waals surface area contributed by atoms with Crippen molar-refractivity contribution in [2.45, 2.75) is 26.8 Å². The molecular formula is C21H34N4O4. The van der Waals surface area contributed by atoms with Crippen LogP contribution in [-0.4, -0.2) is 65.0 Å². The van der Waals surface area contributed by atoms with Gasteiger partial charge in [-0.1, -0.05) is 12.1 Å². The number of hydrogen-bond donors (Lipinski definition) is 3. The zero-order valence-corrected chi connectivity index (χ0v) is 17.8. The second-order valence-electron chi connectivity index (χ2n) is 7.04. The van der Waals surface area contributed by atoms with Crippen LogP contribution in [0, 0.1) is 12.8 Å². The SMILES string of the molecule is CCNC(=NCc1ccc(C)cc1OCC1CCOC1)NCC(=O)NCCOC. The van der Waals surface area contributed by atoms with Crippen LogP contribution in [0.25, 0.3) is 0 Å². The fourth-order valence-electron chi connectivity index (χ4n) is 2.87. The molecule has 1 atom stereocenters. The molecule has 1 heterocycles. The number of rotatable bonds is 11. The number of nitrogens with zero attached hydrogens (tertiary/aromatic N) is 1. The van der Waals surface area contributed by atoms with Crippen molar-refractivity contribution in [2.75, 3.05) is 53.2 Å². The first-order valence-electron chi connectivity index (χ1n) is 10.2. The van der Waals surface area contributed by atoms with Crippen LogP contribution in [0.3, 0.4) is 0 Å². The Morgan fingerprint density at radius 2 is 2.17 bits per heavy atom. The quantitative estimate of drug-likeness (QED) is 0.291. The Morgan fingerprint density at radius 3 is 2.90 bits per heavy atom. The molecule has 1 unspecified atom stereocenters. The van der Waals surface area contributed by atoms with E-state index in [4.69, 9.17) is 14.2 Å². The molecule has 1 fully saturated rings. The zero-order valence-electron chi connectivity index (χ0n) is 17.8. The van der Waals surface area contributed by atoms with E-state index in [1.165, 1.54) is 0 Å². The molecule has 1 aromatic rings. The Balaban J connectivity index is 1.93. The van der Waals surface area contributed by atoms with Gasteiger partial charge in [-0.25, -0.2) is 4.99 Å². The van der Waals surface area contributed by atoms with Crippen LogP contribution in [0.2, 0.25) is 0 Å². The van der Waals surface area contributed by atoms with Crippen molar-refractivity contribution < 1.29 is 19.0 Å². The van der Waals surface area contributed by atoms with Gasteiger partial charge in [-0.2, -0.15) is 0 Å². The molecule has 0 aliphatic carbocycles. The topological polar surface area (TPSA) is 93.2 Å². The smallest absolute Gasteiger partial charge is 0.239 e. The largest absolute Gasteiger partial charge is 0.493 e. The minimum absolute atomic E-state index is 0.106. The summed E-state index contributed by atoms with van der Waals surface area (Å²) in [4.78, 5) is 16.5. The number of nitrogens with one attached hydrogen (secondary N) is 3. The zero-order chi connectivity index (χ0) is 20.9. The van der Waals surface area contributed by atoms with Crippen LogP contribution in [0.5, 0.6) is 5.75 Å². The number of aryl methyl sites for hydroxylation is 1. The predicted octanol–water partition coefficient (Wildman–Crippen LogP) is 1.23. The summed E-state index contributed by atoms with van der Waals surface area (Å²) in [7, 11) is 1.60. The molecule has 1 aliphatic heterocycles. The minimum atomic E-state index is -0.106. The van der Waals surface area contributed by atoms with E-state index in [2.05, 4.69) is 27.0 Å². The Hall–Kier alpha value is -2.32. The second-order valence-corrected chi connectivity index (χ2v) is 7.04. The van der Waals surface area contributed by atoms with Crippen molar-refractivity contribution in [1.82, 2.24) is 16.0 Å². The Kier molecular flexibility index (Phi) is 10.3. The predicted molar refractivity (Wildman–Crippen MR) is 113 cm³/mol. The molecule has 0 bridgehead atoms. The molecule has 0 aromatic heterocycles. The summed E-state index contributed by atoms with van der Waals surface area (Å²) in [6.07, 6.45) is 1.04. The number of amides is 1. The van der Waals surface area contributed by atoms with E-state index in [0.717, 1.165) is 36.5 Å². The number of aliphatic imine (C=N–C) groups is 1. The molecule has 0 saturated carbocycles.